The lowest BCUT2D eigenvalue weighted by atomic mass is 9.96. The Labute approximate surface area is 110 Å². The maximum Gasteiger partial charge on any atom is 0.225 e. The summed E-state index contributed by atoms with van der Waals surface area (Å²) in [6.45, 7) is 10.6. The Morgan fingerprint density at radius 2 is 1.67 bits per heavy atom. The van der Waals surface area contributed by atoms with Crippen molar-refractivity contribution >= 4 is 11.8 Å². The normalized spacial score (nSPS) is 11.1. The highest BCUT2D eigenvalue weighted by atomic mass is 16.2. The average molecular weight is 257 g/mol. The van der Waals surface area contributed by atoms with E-state index in [9.17, 15) is 9.59 Å². The fourth-order valence-electron chi connectivity index (χ4n) is 1.27. The molecule has 0 aromatic rings. The van der Waals surface area contributed by atoms with E-state index in [4.69, 9.17) is 0 Å². The van der Waals surface area contributed by atoms with E-state index in [0.29, 0.717) is 25.9 Å². The first-order chi connectivity index (χ1) is 8.38. The standard InChI is InChI=1S/C13H27N3O2/c1-5-14-9-10-15-11(17)7-6-8-16-12(18)13(2,3)4/h14H,5-10H2,1-4H3,(H,15,17)(H,16,18). The average Bonchev–Trinajstić information content (AvgIpc) is 2.28. The highest BCUT2D eigenvalue weighted by Gasteiger charge is 2.20. The Kier molecular flexibility index (Phi) is 8.37. The van der Waals surface area contributed by atoms with Crippen LogP contribution >= 0.6 is 0 Å². The number of likely N-dealkylation sites (N-methyl/N-ethyl adjacent to an activating group) is 1. The molecule has 5 nitrogen and oxygen atoms in total. The monoisotopic (exact) mass is 257 g/mol. The predicted octanol–water partition coefficient (Wildman–Crippen LogP) is 0.655. The minimum atomic E-state index is -0.367. The number of amides is 2. The fourth-order valence-corrected chi connectivity index (χ4v) is 1.27. The van der Waals surface area contributed by atoms with Crippen LogP contribution in [0.2, 0.25) is 0 Å². The van der Waals surface area contributed by atoms with Crippen molar-refractivity contribution in [1.29, 1.82) is 0 Å². The third kappa shape index (κ3) is 8.98. The lowest BCUT2D eigenvalue weighted by Crippen LogP contribution is -2.36. The molecule has 0 bridgehead atoms. The molecule has 2 amide bonds. The topological polar surface area (TPSA) is 70.2 Å². The van der Waals surface area contributed by atoms with Crippen LogP contribution in [-0.2, 0) is 9.59 Å². The summed E-state index contributed by atoms with van der Waals surface area (Å²) in [6, 6.07) is 0. The van der Waals surface area contributed by atoms with E-state index in [0.717, 1.165) is 13.1 Å². The van der Waals surface area contributed by atoms with Crippen molar-refractivity contribution < 1.29 is 9.59 Å². The van der Waals surface area contributed by atoms with E-state index in [1.165, 1.54) is 0 Å². The molecule has 0 aliphatic carbocycles. The van der Waals surface area contributed by atoms with Gasteiger partial charge in [0.05, 0.1) is 0 Å². The summed E-state index contributed by atoms with van der Waals surface area (Å²) in [6.07, 6.45) is 1.13. The predicted molar refractivity (Wildman–Crippen MR) is 73.3 cm³/mol. The summed E-state index contributed by atoms with van der Waals surface area (Å²) in [5, 5.41) is 8.78. The molecule has 18 heavy (non-hydrogen) atoms. The number of nitrogens with one attached hydrogen (secondary N) is 3. The maximum absolute atomic E-state index is 11.5. The molecule has 0 heterocycles. The number of rotatable bonds is 8. The van der Waals surface area contributed by atoms with Crippen LogP contribution in [0, 0.1) is 5.41 Å². The van der Waals surface area contributed by atoms with Gasteiger partial charge >= 0.3 is 0 Å². The van der Waals surface area contributed by atoms with Crippen LogP contribution in [0.5, 0.6) is 0 Å². The highest BCUT2D eigenvalue weighted by Crippen LogP contribution is 2.12. The van der Waals surface area contributed by atoms with Crippen molar-refractivity contribution in [3.8, 4) is 0 Å². The molecule has 0 spiro atoms. The van der Waals surface area contributed by atoms with E-state index < -0.39 is 0 Å². The molecule has 0 rings (SSSR count). The van der Waals surface area contributed by atoms with Gasteiger partial charge in [-0.3, -0.25) is 9.59 Å². The smallest absolute Gasteiger partial charge is 0.225 e. The molecule has 3 N–H and O–H groups in total. The van der Waals surface area contributed by atoms with Gasteiger partial charge < -0.3 is 16.0 Å². The van der Waals surface area contributed by atoms with Crippen LogP contribution in [-0.4, -0.2) is 38.0 Å². The summed E-state index contributed by atoms with van der Waals surface area (Å²) in [5.41, 5.74) is -0.367. The van der Waals surface area contributed by atoms with Gasteiger partial charge in [-0.1, -0.05) is 27.7 Å². The SMILES string of the molecule is CCNCCNC(=O)CCCNC(=O)C(C)(C)C. The second kappa shape index (κ2) is 8.91. The Balaban J connectivity index is 3.49. The summed E-state index contributed by atoms with van der Waals surface area (Å²) < 4.78 is 0. The highest BCUT2D eigenvalue weighted by molar-refractivity contribution is 5.81. The van der Waals surface area contributed by atoms with Crippen LogP contribution in [0.3, 0.4) is 0 Å². The van der Waals surface area contributed by atoms with Gasteiger partial charge in [-0.05, 0) is 13.0 Å². The van der Waals surface area contributed by atoms with Crippen LogP contribution in [0.25, 0.3) is 0 Å². The molecule has 0 radical (unpaired) electrons. The largest absolute Gasteiger partial charge is 0.356 e. The lowest BCUT2D eigenvalue weighted by Gasteiger charge is -2.17. The van der Waals surface area contributed by atoms with Gasteiger partial charge in [0, 0.05) is 31.5 Å². The second-order valence-corrected chi connectivity index (χ2v) is 5.31. The molecule has 0 aromatic carbocycles. The Morgan fingerprint density at radius 3 is 2.22 bits per heavy atom. The van der Waals surface area contributed by atoms with Gasteiger partial charge in [-0.15, -0.1) is 0 Å². The fraction of sp³-hybridized carbons (Fsp3) is 0.846. The molecule has 0 saturated carbocycles. The van der Waals surface area contributed by atoms with E-state index >= 15 is 0 Å². The minimum Gasteiger partial charge on any atom is -0.356 e. The van der Waals surface area contributed by atoms with Crippen molar-refractivity contribution in [1.82, 2.24) is 16.0 Å². The van der Waals surface area contributed by atoms with Crippen molar-refractivity contribution in [3.05, 3.63) is 0 Å². The van der Waals surface area contributed by atoms with Gasteiger partial charge in [0.2, 0.25) is 11.8 Å². The third-order valence-electron chi connectivity index (χ3n) is 2.42. The molecule has 0 aliphatic rings. The first-order valence-corrected chi connectivity index (χ1v) is 6.63. The van der Waals surface area contributed by atoms with Gasteiger partial charge in [-0.25, -0.2) is 0 Å². The zero-order chi connectivity index (χ0) is 14.0. The summed E-state index contributed by atoms with van der Waals surface area (Å²) in [5.74, 6) is 0.0629. The molecule has 0 aromatic heterocycles. The Hall–Kier alpha value is -1.10. The van der Waals surface area contributed by atoms with Crippen LogP contribution in [0.4, 0.5) is 0 Å². The van der Waals surface area contributed by atoms with E-state index in [1.54, 1.807) is 0 Å². The van der Waals surface area contributed by atoms with E-state index in [-0.39, 0.29) is 17.2 Å². The third-order valence-corrected chi connectivity index (χ3v) is 2.42. The molecule has 0 atom stereocenters. The zero-order valence-corrected chi connectivity index (χ0v) is 12.1. The Bertz CT molecular complexity index is 259. The summed E-state index contributed by atoms with van der Waals surface area (Å²) in [4.78, 5) is 22.9. The van der Waals surface area contributed by atoms with Crippen LogP contribution in [0.1, 0.15) is 40.5 Å². The van der Waals surface area contributed by atoms with Crippen molar-refractivity contribution in [2.75, 3.05) is 26.2 Å². The van der Waals surface area contributed by atoms with Crippen LogP contribution in [0.15, 0.2) is 0 Å². The molecular formula is C13H27N3O2. The number of hydrogen-bond donors (Lipinski definition) is 3. The lowest BCUT2D eigenvalue weighted by molar-refractivity contribution is -0.128. The Morgan fingerprint density at radius 1 is 1.00 bits per heavy atom. The van der Waals surface area contributed by atoms with Crippen molar-refractivity contribution in [3.63, 3.8) is 0 Å². The number of hydrogen-bond acceptors (Lipinski definition) is 3. The van der Waals surface area contributed by atoms with Gasteiger partial charge in [0.25, 0.3) is 0 Å². The molecule has 0 fully saturated rings. The summed E-state index contributed by atoms with van der Waals surface area (Å²) >= 11 is 0. The van der Waals surface area contributed by atoms with E-state index in [2.05, 4.69) is 16.0 Å². The molecule has 0 unspecified atom stereocenters. The first-order valence-electron chi connectivity index (χ1n) is 6.63. The van der Waals surface area contributed by atoms with Gasteiger partial charge in [-0.2, -0.15) is 0 Å². The zero-order valence-electron chi connectivity index (χ0n) is 12.1. The van der Waals surface area contributed by atoms with Gasteiger partial charge in [0.1, 0.15) is 0 Å². The minimum absolute atomic E-state index is 0.0232. The molecule has 5 heteroatoms. The molecular weight excluding hydrogens is 230 g/mol. The summed E-state index contributed by atoms with van der Waals surface area (Å²) in [7, 11) is 0. The number of carbonyl (C=O) groups excluding carboxylic acids is 2. The molecule has 106 valence electrons. The molecule has 0 saturated heterocycles. The quantitative estimate of drug-likeness (QED) is 0.559. The maximum atomic E-state index is 11.5. The number of carbonyl (C=O) groups is 2. The molecule has 0 aliphatic heterocycles. The van der Waals surface area contributed by atoms with Crippen LogP contribution < -0.4 is 16.0 Å². The van der Waals surface area contributed by atoms with Crippen molar-refractivity contribution in [2.45, 2.75) is 40.5 Å². The van der Waals surface area contributed by atoms with E-state index in [1.807, 2.05) is 27.7 Å². The van der Waals surface area contributed by atoms with Gasteiger partial charge in [0.15, 0.2) is 0 Å². The second-order valence-electron chi connectivity index (χ2n) is 5.31. The first kappa shape index (κ1) is 16.9. The van der Waals surface area contributed by atoms with Crippen molar-refractivity contribution in [2.24, 2.45) is 5.41 Å².